The highest BCUT2D eigenvalue weighted by Crippen LogP contribution is 2.18. The fourth-order valence-electron chi connectivity index (χ4n) is 1.78. The Morgan fingerprint density at radius 3 is 2.58 bits per heavy atom. The lowest BCUT2D eigenvalue weighted by Crippen LogP contribution is -1.97. The number of rotatable bonds is 3. The van der Waals surface area contributed by atoms with Crippen LogP contribution < -0.4 is 5.73 Å². The first-order chi connectivity index (χ1) is 9.36. The molecular weight excluding hydrogens is 238 g/mol. The molecule has 0 bridgehead atoms. The van der Waals surface area contributed by atoms with Gasteiger partial charge in [0.15, 0.2) is 11.6 Å². The maximum Gasteiger partial charge on any atom is 0.181 e. The van der Waals surface area contributed by atoms with E-state index in [9.17, 15) is 0 Å². The van der Waals surface area contributed by atoms with Gasteiger partial charge in [0.25, 0.3) is 0 Å². The number of hydrogen-bond donors (Lipinski definition) is 2. The molecule has 0 spiro atoms. The number of nitrogens with zero attached hydrogens (tertiary/aromatic N) is 3. The van der Waals surface area contributed by atoms with Crippen molar-refractivity contribution in [2.75, 3.05) is 0 Å². The standard InChI is InChI=1S/C14H13N5/c15-8-10-6-7-12(16-9-10)14-17-13(18-19-14)11-4-2-1-3-5-11/h1-7,9H,8,15H2,(H,17,18,19). The smallest absolute Gasteiger partial charge is 0.181 e. The van der Waals surface area contributed by atoms with Gasteiger partial charge in [-0.05, 0) is 11.6 Å². The van der Waals surface area contributed by atoms with Crippen molar-refractivity contribution in [2.24, 2.45) is 5.73 Å². The Morgan fingerprint density at radius 1 is 1.05 bits per heavy atom. The molecule has 0 amide bonds. The molecule has 0 unspecified atom stereocenters. The van der Waals surface area contributed by atoms with E-state index < -0.39 is 0 Å². The first kappa shape index (κ1) is 11.6. The maximum atomic E-state index is 5.54. The molecule has 0 saturated heterocycles. The summed E-state index contributed by atoms with van der Waals surface area (Å²) in [6.45, 7) is 0.485. The number of benzene rings is 1. The highest BCUT2D eigenvalue weighted by Gasteiger charge is 2.08. The van der Waals surface area contributed by atoms with Crippen molar-refractivity contribution in [3.8, 4) is 22.9 Å². The summed E-state index contributed by atoms with van der Waals surface area (Å²) in [7, 11) is 0. The number of H-pyrrole nitrogens is 1. The summed E-state index contributed by atoms with van der Waals surface area (Å²) in [4.78, 5) is 8.76. The summed E-state index contributed by atoms with van der Waals surface area (Å²) in [5, 5.41) is 7.11. The Kier molecular flexibility index (Phi) is 3.04. The second kappa shape index (κ2) is 4.99. The van der Waals surface area contributed by atoms with Crippen LogP contribution in [0.5, 0.6) is 0 Å². The van der Waals surface area contributed by atoms with Crippen molar-refractivity contribution in [3.63, 3.8) is 0 Å². The second-order valence-corrected chi connectivity index (χ2v) is 4.13. The van der Waals surface area contributed by atoms with Gasteiger partial charge in [0.1, 0.15) is 5.69 Å². The van der Waals surface area contributed by atoms with Crippen molar-refractivity contribution in [2.45, 2.75) is 6.54 Å². The fraction of sp³-hybridized carbons (Fsp3) is 0.0714. The zero-order chi connectivity index (χ0) is 13.1. The van der Waals surface area contributed by atoms with Crippen LogP contribution >= 0.6 is 0 Å². The highest BCUT2D eigenvalue weighted by atomic mass is 15.2. The summed E-state index contributed by atoms with van der Waals surface area (Å²) in [5.41, 5.74) is 8.27. The number of aromatic amines is 1. The highest BCUT2D eigenvalue weighted by molar-refractivity contribution is 5.58. The molecule has 0 aliphatic carbocycles. The Hall–Kier alpha value is -2.53. The van der Waals surface area contributed by atoms with Gasteiger partial charge in [-0.25, -0.2) is 4.98 Å². The van der Waals surface area contributed by atoms with Gasteiger partial charge in [-0.2, -0.15) is 5.10 Å². The summed E-state index contributed by atoms with van der Waals surface area (Å²) in [6.07, 6.45) is 1.75. The van der Waals surface area contributed by atoms with E-state index in [1.807, 2.05) is 42.5 Å². The van der Waals surface area contributed by atoms with E-state index in [4.69, 9.17) is 5.73 Å². The van der Waals surface area contributed by atoms with Crippen LogP contribution in [0, 0.1) is 0 Å². The third-order valence-electron chi connectivity index (χ3n) is 2.82. The quantitative estimate of drug-likeness (QED) is 0.746. The van der Waals surface area contributed by atoms with Crippen LogP contribution in [0.2, 0.25) is 0 Å². The predicted octanol–water partition coefficient (Wildman–Crippen LogP) is 1.99. The molecule has 19 heavy (non-hydrogen) atoms. The average Bonchev–Trinajstić information content (AvgIpc) is 2.98. The van der Waals surface area contributed by atoms with Gasteiger partial charge in [0.2, 0.25) is 0 Å². The lowest BCUT2D eigenvalue weighted by Gasteiger charge is -1.97. The van der Waals surface area contributed by atoms with E-state index in [1.54, 1.807) is 6.20 Å². The molecule has 3 N–H and O–H groups in total. The van der Waals surface area contributed by atoms with E-state index in [-0.39, 0.29) is 0 Å². The number of nitrogens with one attached hydrogen (secondary N) is 1. The zero-order valence-electron chi connectivity index (χ0n) is 10.2. The lowest BCUT2D eigenvalue weighted by molar-refractivity contribution is 1.04. The number of hydrogen-bond acceptors (Lipinski definition) is 4. The minimum atomic E-state index is 0.485. The average molecular weight is 251 g/mol. The van der Waals surface area contributed by atoms with Crippen molar-refractivity contribution in [1.29, 1.82) is 0 Å². The van der Waals surface area contributed by atoms with Gasteiger partial charge >= 0.3 is 0 Å². The molecule has 0 atom stereocenters. The third kappa shape index (κ3) is 2.36. The summed E-state index contributed by atoms with van der Waals surface area (Å²) in [5.74, 6) is 1.32. The van der Waals surface area contributed by atoms with Crippen LogP contribution in [0.15, 0.2) is 48.7 Å². The Labute approximate surface area is 110 Å². The van der Waals surface area contributed by atoms with Crippen molar-refractivity contribution >= 4 is 0 Å². The van der Waals surface area contributed by atoms with Gasteiger partial charge in [-0.1, -0.05) is 36.4 Å². The molecule has 94 valence electrons. The first-order valence-corrected chi connectivity index (χ1v) is 6.00. The van der Waals surface area contributed by atoms with Gasteiger partial charge in [-0.15, -0.1) is 0 Å². The molecule has 3 aromatic rings. The largest absolute Gasteiger partial charge is 0.326 e. The molecule has 0 aliphatic heterocycles. The molecule has 2 aromatic heterocycles. The molecule has 5 nitrogen and oxygen atoms in total. The third-order valence-corrected chi connectivity index (χ3v) is 2.82. The molecule has 0 fully saturated rings. The van der Waals surface area contributed by atoms with Gasteiger partial charge in [-0.3, -0.25) is 10.1 Å². The van der Waals surface area contributed by atoms with Crippen molar-refractivity contribution in [3.05, 3.63) is 54.2 Å². The van der Waals surface area contributed by atoms with Crippen LogP contribution in [-0.2, 0) is 6.54 Å². The Balaban J connectivity index is 1.92. The fourth-order valence-corrected chi connectivity index (χ4v) is 1.78. The molecule has 0 aliphatic rings. The molecular formula is C14H13N5. The molecule has 3 rings (SSSR count). The molecule has 0 saturated carbocycles. The maximum absolute atomic E-state index is 5.54. The lowest BCUT2D eigenvalue weighted by atomic mass is 10.2. The predicted molar refractivity (Wildman–Crippen MR) is 72.9 cm³/mol. The molecule has 0 radical (unpaired) electrons. The molecule has 5 heteroatoms. The number of nitrogens with two attached hydrogens (primary N) is 1. The topological polar surface area (TPSA) is 80.5 Å². The zero-order valence-corrected chi connectivity index (χ0v) is 10.2. The van der Waals surface area contributed by atoms with Crippen LogP contribution in [0.3, 0.4) is 0 Å². The van der Waals surface area contributed by atoms with E-state index >= 15 is 0 Å². The number of pyridine rings is 1. The number of aromatic nitrogens is 4. The minimum Gasteiger partial charge on any atom is -0.326 e. The SMILES string of the molecule is NCc1ccc(-c2nc(-c3ccccc3)n[nH]2)nc1. The summed E-state index contributed by atoms with van der Waals surface area (Å²) >= 11 is 0. The molecule has 1 aromatic carbocycles. The van der Waals surface area contributed by atoms with E-state index in [0.717, 1.165) is 16.8 Å². The van der Waals surface area contributed by atoms with Crippen LogP contribution in [-0.4, -0.2) is 20.2 Å². The van der Waals surface area contributed by atoms with Crippen molar-refractivity contribution < 1.29 is 0 Å². The first-order valence-electron chi connectivity index (χ1n) is 6.00. The van der Waals surface area contributed by atoms with Gasteiger partial charge < -0.3 is 5.73 Å². The second-order valence-electron chi connectivity index (χ2n) is 4.13. The summed E-state index contributed by atoms with van der Waals surface area (Å²) < 4.78 is 0. The van der Waals surface area contributed by atoms with Gasteiger partial charge in [0, 0.05) is 18.3 Å². The minimum absolute atomic E-state index is 0.485. The van der Waals surface area contributed by atoms with Gasteiger partial charge in [0.05, 0.1) is 0 Å². The Morgan fingerprint density at radius 2 is 1.89 bits per heavy atom. The van der Waals surface area contributed by atoms with E-state index in [2.05, 4.69) is 20.2 Å². The summed E-state index contributed by atoms with van der Waals surface area (Å²) in [6, 6.07) is 13.6. The van der Waals surface area contributed by atoms with Crippen LogP contribution in [0.25, 0.3) is 22.9 Å². The monoisotopic (exact) mass is 251 g/mol. The molecule has 2 heterocycles. The van der Waals surface area contributed by atoms with Crippen molar-refractivity contribution in [1.82, 2.24) is 20.2 Å². The Bertz CT molecular complexity index is 658. The normalized spacial score (nSPS) is 10.6. The van der Waals surface area contributed by atoms with Crippen LogP contribution in [0.4, 0.5) is 0 Å². The van der Waals surface area contributed by atoms with Crippen LogP contribution in [0.1, 0.15) is 5.56 Å². The van der Waals surface area contributed by atoms with E-state index in [0.29, 0.717) is 18.2 Å². The van der Waals surface area contributed by atoms with E-state index in [1.165, 1.54) is 0 Å².